The van der Waals surface area contributed by atoms with E-state index in [0.717, 1.165) is 12.0 Å². The monoisotopic (exact) mass is 350 g/mol. The molecule has 0 aliphatic carbocycles. The van der Waals surface area contributed by atoms with Crippen molar-refractivity contribution in [1.82, 2.24) is 5.32 Å². The van der Waals surface area contributed by atoms with E-state index >= 15 is 0 Å². The van der Waals surface area contributed by atoms with Gasteiger partial charge in [-0.2, -0.15) is 0 Å². The van der Waals surface area contributed by atoms with Crippen molar-refractivity contribution in [3.8, 4) is 5.75 Å². The van der Waals surface area contributed by atoms with Crippen molar-refractivity contribution in [3.05, 3.63) is 23.8 Å². The van der Waals surface area contributed by atoms with E-state index in [2.05, 4.69) is 19.2 Å². The molecule has 0 saturated carbocycles. The van der Waals surface area contributed by atoms with Gasteiger partial charge in [-0.05, 0) is 50.8 Å². The summed E-state index contributed by atoms with van der Waals surface area (Å²) in [7, 11) is 0. The van der Waals surface area contributed by atoms with Gasteiger partial charge >= 0.3 is 6.09 Å². The van der Waals surface area contributed by atoms with Gasteiger partial charge in [0.05, 0.1) is 12.3 Å². The average Bonchev–Trinajstić information content (AvgIpc) is 2.53. The molecule has 0 aliphatic heterocycles. The summed E-state index contributed by atoms with van der Waals surface area (Å²) in [4.78, 5) is 11.7. The SMILES string of the molecule is CCCCC(CC)COc1cc(CNC(=O)OC(C)(C)C)ccc1N. The zero-order chi connectivity index (χ0) is 18.9. The lowest BCUT2D eigenvalue weighted by atomic mass is 10.0. The Morgan fingerprint density at radius 1 is 1.28 bits per heavy atom. The number of hydrogen-bond acceptors (Lipinski definition) is 4. The highest BCUT2D eigenvalue weighted by Crippen LogP contribution is 2.24. The van der Waals surface area contributed by atoms with Crippen LogP contribution in [-0.2, 0) is 11.3 Å². The predicted octanol–water partition coefficient (Wildman–Crippen LogP) is 4.89. The maximum absolute atomic E-state index is 11.7. The molecule has 25 heavy (non-hydrogen) atoms. The molecule has 0 aromatic heterocycles. The minimum absolute atomic E-state index is 0.374. The number of carbonyl (C=O) groups excluding carboxylic acids is 1. The van der Waals surface area contributed by atoms with Crippen LogP contribution in [0.15, 0.2) is 18.2 Å². The van der Waals surface area contributed by atoms with Crippen LogP contribution in [0.4, 0.5) is 10.5 Å². The third kappa shape index (κ3) is 8.66. The minimum Gasteiger partial charge on any atom is -0.491 e. The smallest absolute Gasteiger partial charge is 0.407 e. The largest absolute Gasteiger partial charge is 0.491 e. The molecule has 142 valence electrons. The number of rotatable bonds is 9. The van der Waals surface area contributed by atoms with E-state index < -0.39 is 11.7 Å². The van der Waals surface area contributed by atoms with Crippen molar-refractivity contribution in [2.45, 2.75) is 72.4 Å². The topological polar surface area (TPSA) is 73.6 Å². The first-order valence-corrected chi connectivity index (χ1v) is 9.23. The normalized spacial score (nSPS) is 12.5. The lowest BCUT2D eigenvalue weighted by molar-refractivity contribution is 0.0523. The number of alkyl carbamates (subject to hydrolysis) is 1. The summed E-state index contributed by atoms with van der Waals surface area (Å²) < 4.78 is 11.2. The van der Waals surface area contributed by atoms with Gasteiger partial charge in [-0.25, -0.2) is 4.79 Å². The number of ether oxygens (including phenoxy) is 2. The van der Waals surface area contributed by atoms with Crippen LogP contribution in [0.3, 0.4) is 0 Å². The number of amides is 1. The second kappa shape index (κ2) is 10.2. The molecular weight excluding hydrogens is 316 g/mol. The Morgan fingerprint density at radius 3 is 2.60 bits per heavy atom. The quantitative estimate of drug-likeness (QED) is 0.622. The number of hydrogen-bond donors (Lipinski definition) is 2. The Hall–Kier alpha value is -1.91. The molecule has 0 radical (unpaired) electrons. The van der Waals surface area contributed by atoms with Crippen LogP contribution in [0.25, 0.3) is 0 Å². The number of nitrogens with one attached hydrogen (secondary N) is 1. The first-order chi connectivity index (χ1) is 11.7. The molecular formula is C20H34N2O3. The molecule has 5 heteroatoms. The highest BCUT2D eigenvalue weighted by molar-refractivity contribution is 5.67. The Bertz CT molecular complexity index is 538. The van der Waals surface area contributed by atoms with Gasteiger partial charge in [-0.3, -0.25) is 0 Å². The Labute approximate surface area is 152 Å². The van der Waals surface area contributed by atoms with Crippen molar-refractivity contribution in [2.75, 3.05) is 12.3 Å². The van der Waals surface area contributed by atoms with E-state index in [4.69, 9.17) is 15.2 Å². The number of benzene rings is 1. The molecule has 1 atom stereocenters. The average molecular weight is 351 g/mol. The standard InChI is InChI=1S/C20H34N2O3/c1-6-8-9-15(7-2)14-24-18-12-16(10-11-17(18)21)13-22-19(23)25-20(3,4)5/h10-12,15H,6-9,13-14,21H2,1-5H3,(H,22,23). The van der Waals surface area contributed by atoms with Gasteiger partial charge in [0.2, 0.25) is 0 Å². The number of anilines is 1. The van der Waals surface area contributed by atoms with Gasteiger partial charge in [0.25, 0.3) is 0 Å². The summed E-state index contributed by atoms with van der Waals surface area (Å²) in [5, 5.41) is 2.75. The second-order valence-electron chi connectivity index (χ2n) is 7.46. The van der Waals surface area contributed by atoms with Gasteiger partial charge in [0, 0.05) is 6.54 Å². The van der Waals surface area contributed by atoms with Gasteiger partial charge in [0.15, 0.2) is 0 Å². The maximum Gasteiger partial charge on any atom is 0.407 e. The zero-order valence-electron chi connectivity index (χ0n) is 16.4. The Morgan fingerprint density at radius 2 is 2.00 bits per heavy atom. The molecule has 3 N–H and O–H groups in total. The van der Waals surface area contributed by atoms with E-state index in [-0.39, 0.29) is 0 Å². The molecule has 1 unspecified atom stereocenters. The van der Waals surface area contributed by atoms with Gasteiger partial charge in [-0.15, -0.1) is 0 Å². The van der Waals surface area contributed by atoms with E-state index in [9.17, 15) is 4.79 Å². The fraction of sp³-hybridized carbons (Fsp3) is 0.650. The van der Waals surface area contributed by atoms with E-state index in [0.29, 0.717) is 30.5 Å². The summed E-state index contributed by atoms with van der Waals surface area (Å²) >= 11 is 0. The van der Waals surface area contributed by atoms with Crippen LogP contribution >= 0.6 is 0 Å². The molecule has 1 aromatic rings. The summed E-state index contributed by atoms with van der Waals surface area (Å²) in [6.07, 6.45) is 4.26. The summed E-state index contributed by atoms with van der Waals surface area (Å²) in [6.45, 7) is 10.9. The highest BCUT2D eigenvalue weighted by atomic mass is 16.6. The zero-order valence-corrected chi connectivity index (χ0v) is 16.4. The predicted molar refractivity (Wildman–Crippen MR) is 103 cm³/mol. The molecule has 0 saturated heterocycles. The number of nitrogen functional groups attached to an aromatic ring is 1. The molecule has 1 amide bonds. The van der Waals surface area contributed by atoms with Crippen molar-refractivity contribution in [3.63, 3.8) is 0 Å². The second-order valence-corrected chi connectivity index (χ2v) is 7.46. The Kier molecular flexibility index (Phi) is 8.59. The lowest BCUT2D eigenvalue weighted by Crippen LogP contribution is -2.32. The molecule has 0 bridgehead atoms. The lowest BCUT2D eigenvalue weighted by Gasteiger charge is -2.20. The molecule has 0 fully saturated rings. The summed E-state index contributed by atoms with van der Waals surface area (Å²) in [5.74, 6) is 1.22. The van der Waals surface area contributed by atoms with Crippen LogP contribution < -0.4 is 15.8 Å². The summed E-state index contributed by atoms with van der Waals surface area (Å²) in [6, 6.07) is 5.58. The first kappa shape index (κ1) is 21.1. The van der Waals surface area contributed by atoms with Gasteiger partial charge in [0.1, 0.15) is 11.4 Å². The molecule has 0 spiro atoms. The fourth-order valence-corrected chi connectivity index (χ4v) is 2.41. The number of carbonyl (C=O) groups is 1. The van der Waals surface area contributed by atoms with Crippen LogP contribution in [0, 0.1) is 5.92 Å². The van der Waals surface area contributed by atoms with E-state index in [1.54, 1.807) is 0 Å². The van der Waals surface area contributed by atoms with Crippen molar-refractivity contribution >= 4 is 11.8 Å². The summed E-state index contributed by atoms with van der Waals surface area (Å²) in [5.41, 5.74) is 7.06. The minimum atomic E-state index is -0.507. The maximum atomic E-state index is 11.7. The van der Waals surface area contributed by atoms with Crippen LogP contribution in [-0.4, -0.2) is 18.3 Å². The van der Waals surface area contributed by atoms with Gasteiger partial charge < -0.3 is 20.5 Å². The number of nitrogens with two attached hydrogens (primary N) is 1. The first-order valence-electron chi connectivity index (χ1n) is 9.23. The third-order valence-electron chi connectivity index (χ3n) is 3.93. The molecule has 0 heterocycles. The van der Waals surface area contributed by atoms with Crippen molar-refractivity contribution in [2.24, 2.45) is 5.92 Å². The molecule has 0 aliphatic rings. The van der Waals surface area contributed by atoms with E-state index in [1.807, 2.05) is 39.0 Å². The molecule has 1 aromatic carbocycles. The van der Waals surface area contributed by atoms with Crippen molar-refractivity contribution < 1.29 is 14.3 Å². The van der Waals surface area contributed by atoms with Crippen molar-refractivity contribution in [1.29, 1.82) is 0 Å². The van der Waals surface area contributed by atoms with Gasteiger partial charge in [-0.1, -0.05) is 39.2 Å². The van der Waals surface area contributed by atoms with Crippen LogP contribution in [0.1, 0.15) is 65.9 Å². The van der Waals surface area contributed by atoms with Crippen LogP contribution in [0.5, 0.6) is 5.75 Å². The third-order valence-corrected chi connectivity index (χ3v) is 3.93. The Balaban J connectivity index is 2.59. The molecule has 1 rings (SSSR count). The number of unbranched alkanes of at least 4 members (excludes halogenated alkanes) is 1. The highest BCUT2D eigenvalue weighted by Gasteiger charge is 2.16. The molecule has 5 nitrogen and oxygen atoms in total. The van der Waals surface area contributed by atoms with E-state index in [1.165, 1.54) is 19.3 Å². The van der Waals surface area contributed by atoms with Crippen LogP contribution in [0.2, 0.25) is 0 Å². The fourth-order valence-electron chi connectivity index (χ4n) is 2.41.